The Balaban J connectivity index is 3.13. The molecule has 0 aliphatic rings. The minimum absolute atomic E-state index is 0.976. The molecule has 0 unspecified atom stereocenters. The molecule has 0 bridgehead atoms. The molecule has 0 radical (unpaired) electrons. The predicted octanol–water partition coefficient (Wildman–Crippen LogP) is 2.72. The normalized spacial score (nSPS) is 10.9. The van der Waals surface area contributed by atoms with Gasteiger partial charge >= 0.3 is 0 Å². The van der Waals surface area contributed by atoms with Crippen molar-refractivity contribution in [2.75, 3.05) is 0 Å². The maximum Gasteiger partial charge on any atom is 0.0849 e. The first-order valence-corrected chi connectivity index (χ1v) is 4.85. The summed E-state index contributed by atoms with van der Waals surface area (Å²) < 4.78 is 3.92. The molecule has 0 aromatic carbocycles. The van der Waals surface area contributed by atoms with E-state index in [4.69, 9.17) is 0 Å². The molecular weight excluding hydrogens is 263 g/mol. The predicted molar refractivity (Wildman–Crippen MR) is 60.0 cm³/mol. The third-order valence-electron chi connectivity index (χ3n) is 1.91. The minimum Gasteiger partial charge on any atom is -0.255 e. The summed E-state index contributed by atoms with van der Waals surface area (Å²) in [5, 5.41) is 0. The number of rotatable bonds is 2. The van der Waals surface area contributed by atoms with Crippen LogP contribution in [-0.4, -0.2) is 11.2 Å². The number of pyridine rings is 1. The fourth-order valence-electron chi connectivity index (χ4n) is 1.15. The lowest BCUT2D eigenvalue weighted by Gasteiger charge is -2.03. The average Bonchev–Trinajstić information content (AvgIpc) is 2.09. The molecule has 0 saturated heterocycles. The van der Waals surface area contributed by atoms with Crippen molar-refractivity contribution in [3.05, 3.63) is 29.1 Å². The van der Waals surface area contributed by atoms with Gasteiger partial charge in [0.1, 0.15) is 0 Å². The van der Waals surface area contributed by atoms with Crippen LogP contribution in [0.4, 0.5) is 0 Å². The second-order valence-corrected chi connectivity index (χ2v) is 3.12. The Hall–Kier alpha value is -0.450. The van der Waals surface area contributed by atoms with Crippen LogP contribution in [0.3, 0.4) is 0 Å². The van der Waals surface area contributed by atoms with Gasteiger partial charge in [-0.25, -0.2) is 3.21 Å². The van der Waals surface area contributed by atoms with Crippen LogP contribution in [0.15, 0.2) is 15.5 Å². The summed E-state index contributed by atoms with van der Waals surface area (Å²) in [6, 6.07) is 2.06. The Morgan fingerprint density at radius 2 is 2.42 bits per heavy atom. The van der Waals surface area contributed by atoms with Crippen LogP contribution in [0.25, 0.3) is 0 Å². The van der Waals surface area contributed by atoms with Crippen LogP contribution >= 0.6 is 22.9 Å². The van der Waals surface area contributed by atoms with Crippen LogP contribution in [0.2, 0.25) is 0 Å². The van der Waals surface area contributed by atoms with Gasteiger partial charge in [-0.15, -0.1) is 0 Å². The summed E-state index contributed by atoms with van der Waals surface area (Å²) in [4.78, 5) is 4.22. The quantitative estimate of drug-likeness (QED) is 0.601. The molecule has 0 amide bonds. The van der Waals surface area contributed by atoms with Crippen LogP contribution in [0.5, 0.6) is 0 Å². The molecule has 0 fully saturated rings. The average molecular weight is 274 g/mol. The SMILES string of the molecule is CCc1ccnc(C=NI)c1C. The lowest BCUT2D eigenvalue weighted by atomic mass is 10.1. The highest BCUT2D eigenvalue weighted by Gasteiger charge is 2.00. The van der Waals surface area contributed by atoms with Gasteiger partial charge in [0.25, 0.3) is 0 Å². The van der Waals surface area contributed by atoms with Crippen molar-refractivity contribution < 1.29 is 0 Å². The molecule has 0 aliphatic carbocycles. The topological polar surface area (TPSA) is 25.2 Å². The number of hydrogen-bond acceptors (Lipinski definition) is 2. The zero-order chi connectivity index (χ0) is 8.97. The zero-order valence-corrected chi connectivity index (χ0v) is 9.37. The summed E-state index contributed by atoms with van der Waals surface area (Å²) in [6.45, 7) is 4.23. The molecule has 0 N–H and O–H groups in total. The molecule has 64 valence electrons. The van der Waals surface area contributed by atoms with E-state index in [0.717, 1.165) is 12.1 Å². The maximum atomic E-state index is 4.22. The van der Waals surface area contributed by atoms with Gasteiger partial charge in [0.2, 0.25) is 0 Å². The molecule has 12 heavy (non-hydrogen) atoms. The van der Waals surface area contributed by atoms with Gasteiger partial charge in [-0.05, 0) is 30.5 Å². The van der Waals surface area contributed by atoms with Crippen LogP contribution in [-0.2, 0) is 6.42 Å². The molecule has 1 heterocycles. The number of aryl methyl sites for hydroxylation is 1. The highest BCUT2D eigenvalue weighted by atomic mass is 127. The molecule has 3 heteroatoms. The molecule has 1 rings (SSSR count). The zero-order valence-electron chi connectivity index (χ0n) is 7.21. The van der Waals surface area contributed by atoms with Gasteiger partial charge in [-0.2, -0.15) is 0 Å². The molecular formula is C9H11IN2. The van der Waals surface area contributed by atoms with Crippen molar-refractivity contribution in [3.63, 3.8) is 0 Å². The van der Waals surface area contributed by atoms with Gasteiger partial charge in [0.15, 0.2) is 0 Å². The van der Waals surface area contributed by atoms with E-state index >= 15 is 0 Å². The van der Waals surface area contributed by atoms with Crippen LogP contribution in [0, 0.1) is 6.92 Å². The largest absolute Gasteiger partial charge is 0.255 e. The summed E-state index contributed by atoms with van der Waals surface area (Å²) in [6.07, 6.45) is 4.67. The van der Waals surface area contributed by atoms with Crippen molar-refractivity contribution in [3.8, 4) is 0 Å². The molecule has 0 aliphatic heterocycles. The smallest absolute Gasteiger partial charge is 0.0849 e. The lowest BCUT2D eigenvalue weighted by Crippen LogP contribution is -1.96. The second-order valence-electron chi connectivity index (χ2n) is 2.56. The molecule has 1 aromatic rings. The first kappa shape index (κ1) is 9.64. The Morgan fingerprint density at radius 3 is 3.00 bits per heavy atom. The third kappa shape index (κ3) is 2.03. The number of halogens is 1. The van der Waals surface area contributed by atoms with Crippen molar-refractivity contribution >= 4 is 29.1 Å². The van der Waals surface area contributed by atoms with Crippen molar-refractivity contribution in [1.82, 2.24) is 4.98 Å². The van der Waals surface area contributed by atoms with Gasteiger partial charge in [0, 0.05) is 6.20 Å². The first-order valence-electron chi connectivity index (χ1n) is 3.88. The van der Waals surface area contributed by atoms with Crippen molar-refractivity contribution in [1.29, 1.82) is 0 Å². The third-order valence-corrected chi connectivity index (χ3v) is 2.19. The lowest BCUT2D eigenvalue weighted by molar-refractivity contribution is 1.08. The van der Waals surface area contributed by atoms with E-state index in [9.17, 15) is 0 Å². The van der Waals surface area contributed by atoms with E-state index in [1.54, 1.807) is 6.21 Å². The number of nitrogens with zero attached hydrogens (tertiary/aromatic N) is 2. The van der Waals surface area contributed by atoms with E-state index in [-0.39, 0.29) is 0 Å². The minimum atomic E-state index is 0.976. The summed E-state index contributed by atoms with van der Waals surface area (Å²) >= 11 is 1.96. The summed E-state index contributed by atoms with van der Waals surface area (Å²) in [7, 11) is 0. The van der Waals surface area contributed by atoms with E-state index in [1.165, 1.54) is 11.1 Å². The van der Waals surface area contributed by atoms with Gasteiger partial charge in [-0.3, -0.25) is 4.98 Å². The van der Waals surface area contributed by atoms with Crippen molar-refractivity contribution in [2.24, 2.45) is 3.21 Å². The Kier molecular flexibility index (Phi) is 3.65. The van der Waals surface area contributed by atoms with E-state index in [2.05, 4.69) is 28.1 Å². The van der Waals surface area contributed by atoms with Gasteiger partial charge in [0.05, 0.1) is 34.8 Å². The summed E-state index contributed by atoms with van der Waals surface area (Å²) in [5.41, 5.74) is 3.56. The van der Waals surface area contributed by atoms with Crippen molar-refractivity contribution in [2.45, 2.75) is 20.3 Å². The first-order chi connectivity index (χ1) is 5.79. The molecule has 0 atom stereocenters. The van der Waals surface area contributed by atoms with Crippen LogP contribution in [0.1, 0.15) is 23.7 Å². The second kappa shape index (κ2) is 4.54. The van der Waals surface area contributed by atoms with E-state index < -0.39 is 0 Å². The van der Waals surface area contributed by atoms with Gasteiger partial charge in [-0.1, -0.05) is 6.92 Å². The molecule has 0 saturated carbocycles. The number of hydrogen-bond donors (Lipinski definition) is 0. The number of aromatic nitrogens is 1. The van der Waals surface area contributed by atoms with E-state index in [0.29, 0.717) is 0 Å². The monoisotopic (exact) mass is 274 g/mol. The Bertz CT molecular complexity index is 295. The molecule has 2 nitrogen and oxygen atoms in total. The standard InChI is InChI=1S/C9H11IN2/c1-3-8-4-5-11-9(6-12-10)7(8)2/h4-6H,3H2,1-2H3. The fourth-order valence-corrected chi connectivity index (χ4v) is 1.42. The molecule has 0 spiro atoms. The highest BCUT2D eigenvalue weighted by Crippen LogP contribution is 2.10. The summed E-state index contributed by atoms with van der Waals surface area (Å²) in [5.74, 6) is 0. The fraction of sp³-hybridized carbons (Fsp3) is 0.333. The van der Waals surface area contributed by atoms with Crippen LogP contribution < -0.4 is 0 Å². The Morgan fingerprint density at radius 1 is 1.67 bits per heavy atom. The maximum absolute atomic E-state index is 4.22. The van der Waals surface area contributed by atoms with E-state index in [1.807, 2.05) is 29.1 Å². The Labute approximate surface area is 86.6 Å². The molecule has 1 aromatic heterocycles. The highest BCUT2D eigenvalue weighted by molar-refractivity contribution is 14.1. The van der Waals surface area contributed by atoms with Gasteiger partial charge < -0.3 is 0 Å².